The fourth-order valence-corrected chi connectivity index (χ4v) is 3.08. The minimum atomic E-state index is -0.312. The van der Waals surface area contributed by atoms with Crippen LogP contribution in [-0.2, 0) is 4.79 Å². The van der Waals surface area contributed by atoms with E-state index in [2.05, 4.69) is 31.5 Å². The van der Waals surface area contributed by atoms with Gasteiger partial charge in [-0.1, -0.05) is 6.42 Å². The van der Waals surface area contributed by atoms with Gasteiger partial charge in [-0.25, -0.2) is 4.98 Å². The number of nitrogens with zero attached hydrogens (tertiary/aromatic N) is 1. The van der Waals surface area contributed by atoms with Crippen LogP contribution in [0.1, 0.15) is 26.2 Å². The van der Waals surface area contributed by atoms with E-state index < -0.39 is 0 Å². The number of amides is 1. The van der Waals surface area contributed by atoms with Crippen LogP contribution in [-0.4, -0.2) is 16.9 Å². The number of aromatic nitrogens is 1. The predicted molar refractivity (Wildman–Crippen MR) is 69.9 cm³/mol. The molecule has 1 aliphatic heterocycles. The maximum atomic E-state index is 12.3. The molecule has 90 valence electrons. The standard InChI is InChI=1S/C12H14BrN3O/c1-12-4-2-3-9(12)16-10-8(15-11(12)17)5-7(13)6-14-10/h5-6,9H,2-4H2,1H3,(H,14,16)(H,15,17). The van der Waals surface area contributed by atoms with Gasteiger partial charge in [0, 0.05) is 16.7 Å². The quantitative estimate of drug-likeness (QED) is 0.774. The van der Waals surface area contributed by atoms with Crippen molar-refractivity contribution in [2.45, 2.75) is 32.2 Å². The van der Waals surface area contributed by atoms with Crippen molar-refractivity contribution < 1.29 is 4.79 Å². The van der Waals surface area contributed by atoms with Crippen molar-refractivity contribution >= 4 is 33.3 Å². The molecule has 0 radical (unpaired) electrons. The third kappa shape index (κ3) is 1.64. The molecule has 2 heterocycles. The Balaban J connectivity index is 2.06. The number of halogens is 1. The molecule has 1 aromatic heterocycles. The molecule has 2 unspecified atom stereocenters. The zero-order chi connectivity index (χ0) is 12.0. The van der Waals surface area contributed by atoms with E-state index in [0.29, 0.717) is 0 Å². The lowest BCUT2D eigenvalue weighted by molar-refractivity contribution is -0.124. The summed E-state index contributed by atoms with van der Waals surface area (Å²) in [4.78, 5) is 16.6. The molecule has 2 aliphatic rings. The number of carbonyl (C=O) groups is 1. The van der Waals surface area contributed by atoms with Crippen LogP contribution in [0, 0.1) is 5.41 Å². The summed E-state index contributed by atoms with van der Waals surface area (Å²) in [6.45, 7) is 2.04. The first-order valence-corrected chi connectivity index (χ1v) is 6.62. The second-order valence-electron chi connectivity index (χ2n) is 5.01. The van der Waals surface area contributed by atoms with Crippen molar-refractivity contribution in [3.8, 4) is 0 Å². The highest BCUT2D eigenvalue weighted by Gasteiger charge is 2.47. The average Bonchev–Trinajstić information content (AvgIpc) is 2.61. The Kier molecular flexibility index (Phi) is 2.40. The van der Waals surface area contributed by atoms with E-state index in [1.165, 1.54) is 0 Å². The molecule has 0 spiro atoms. The molecule has 17 heavy (non-hydrogen) atoms. The summed E-state index contributed by atoms with van der Waals surface area (Å²) in [5, 5.41) is 6.39. The summed E-state index contributed by atoms with van der Waals surface area (Å²) < 4.78 is 0.871. The first-order chi connectivity index (χ1) is 8.09. The molecule has 5 heteroatoms. The lowest BCUT2D eigenvalue weighted by Crippen LogP contribution is -2.41. The molecule has 0 aromatic carbocycles. The third-order valence-corrected chi connectivity index (χ3v) is 4.32. The predicted octanol–water partition coefficient (Wildman–Crippen LogP) is 2.77. The molecule has 1 fully saturated rings. The summed E-state index contributed by atoms with van der Waals surface area (Å²) in [7, 11) is 0. The zero-order valence-corrected chi connectivity index (χ0v) is 11.2. The van der Waals surface area contributed by atoms with E-state index in [9.17, 15) is 4.79 Å². The molecule has 3 rings (SSSR count). The van der Waals surface area contributed by atoms with Crippen LogP contribution in [0.25, 0.3) is 0 Å². The van der Waals surface area contributed by atoms with Gasteiger partial charge in [0.05, 0.1) is 11.1 Å². The number of anilines is 2. The van der Waals surface area contributed by atoms with Gasteiger partial charge in [0.15, 0.2) is 0 Å². The molecular weight excluding hydrogens is 282 g/mol. The van der Waals surface area contributed by atoms with Gasteiger partial charge in [-0.3, -0.25) is 4.79 Å². The molecule has 1 amide bonds. The highest BCUT2D eigenvalue weighted by atomic mass is 79.9. The maximum absolute atomic E-state index is 12.3. The Morgan fingerprint density at radius 3 is 3.24 bits per heavy atom. The van der Waals surface area contributed by atoms with E-state index in [4.69, 9.17) is 0 Å². The second-order valence-corrected chi connectivity index (χ2v) is 5.93. The van der Waals surface area contributed by atoms with Crippen LogP contribution >= 0.6 is 15.9 Å². The van der Waals surface area contributed by atoms with Crippen molar-refractivity contribution in [1.82, 2.24) is 4.98 Å². The van der Waals surface area contributed by atoms with Gasteiger partial charge in [0.2, 0.25) is 5.91 Å². The molecule has 2 atom stereocenters. The minimum Gasteiger partial charge on any atom is -0.365 e. The Labute approximate surface area is 108 Å². The Morgan fingerprint density at radius 1 is 1.59 bits per heavy atom. The monoisotopic (exact) mass is 295 g/mol. The number of carbonyl (C=O) groups excluding carboxylic acids is 1. The van der Waals surface area contributed by atoms with E-state index in [1.807, 2.05) is 13.0 Å². The summed E-state index contributed by atoms with van der Waals surface area (Å²) in [5.41, 5.74) is 0.452. The van der Waals surface area contributed by atoms with E-state index in [-0.39, 0.29) is 17.4 Å². The number of fused-ring (bicyclic) bond motifs is 2. The Bertz CT molecular complexity index is 491. The van der Waals surface area contributed by atoms with Crippen LogP contribution in [0.2, 0.25) is 0 Å². The lowest BCUT2D eigenvalue weighted by atomic mass is 9.84. The molecule has 1 aliphatic carbocycles. The van der Waals surface area contributed by atoms with Crippen molar-refractivity contribution in [1.29, 1.82) is 0 Å². The number of hydrogen-bond donors (Lipinski definition) is 2. The van der Waals surface area contributed by atoms with Gasteiger partial charge in [0.1, 0.15) is 5.82 Å². The van der Waals surface area contributed by atoms with E-state index in [1.54, 1.807) is 6.20 Å². The van der Waals surface area contributed by atoms with Crippen molar-refractivity contribution in [2.24, 2.45) is 5.41 Å². The number of rotatable bonds is 0. The first kappa shape index (κ1) is 11.0. The van der Waals surface area contributed by atoms with Crippen molar-refractivity contribution in [3.63, 3.8) is 0 Å². The fourth-order valence-electron chi connectivity index (χ4n) is 2.75. The molecule has 0 bridgehead atoms. The van der Waals surface area contributed by atoms with Gasteiger partial charge in [-0.05, 0) is 41.8 Å². The number of pyridine rings is 1. The molecule has 2 N–H and O–H groups in total. The van der Waals surface area contributed by atoms with Crippen molar-refractivity contribution in [2.75, 3.05) is 10.6 Å². The van der Waals surface area contributed by atoms with Crippen LogP contribution in [0.3, 0.4) is 0 Å². The molecular formula is C12H14BrN3O. The van der Waals surface area contributed by atoms with Crippen LogP contribution in [0.4, 0.5) is 11.5 Å². The fraction of sp³-hybridized carbons (Fsp3) is 0.500. The number of hydrogen-bond acceptors (Lipinski definition) is 3. The van der Waals surface area contributed by atoms with Gasteiger partial charge in [0.25, 0.3) is 0 Å². The van der Waals surface area contributed by atoms with E-state index >= 15 is 0 Å². The highest BCUT2D eigenvalue weighted by molar-refractivity contribution is 9.10. The molecule has 0 saturated heterocycles. The SMILES string of the molecule is CC12CCCC1Nc1ncc(Br)cc1NC2=O. The van der Waals surface area contributed by atoms with Gasteiger partial charge in [-0.15, -0.1) is 0 Å². The molecule has 4 nitrogen and oxygen atoms in total. The normalized spacial score (nSPS) is 30.9. The summed E-state index contributed by atoms with van der Waals surface area (Å²) in [6.07, 6.45) is 4.80. The van der Waals surface area contributed by atoms with Crippen LogP contribution in [0.15, 0.2) is 16.7 Å². The summed E-state index contributed by atoms with van der Waals surface area (Å²) in [6, 6.07) is 2.08. The summed E-state index contributed by atoms with van der Waals surface area (Å²) >= 11 is 3.37. The third-order valence-electron chi connectivity index (χ3n) is 3.89. The number of nitrogens with one attached hydrogen (secondary N) is 2. The largest absolute Gasteiger partial charge is 0.365 e. The van der Waals surface area contributed by atoms with Gasteiger partial charge in [-0.2, -0.15) is 0 Å². The molecule has 1 aromatic rings. The Hall–Kier alpha value is -1.10. The topological polar surface area (TPSA) is 54.0 Å². The van der Waals surface area contributed by atoms with Gasteiger partial charge >= 0.3 is 0 Å². The van der Waals surface area contributed by atoms with E-state index in [0.717, 1.165) is 35.2 Å². The van der Waals surface area contributed by atoms with Crippen LogP contribution in [0.5, 0.6) is 0 Å². The average molecular weight is 296 g/mol. The smallest absolute Gasteiger partial charge is 0.232 e. The molecule has 1 saturated carbocycles. The van der Waals surface area contributed by atoms with Crippen LogP contribution < -0.4 is 10.6 Å². The highest BCUT2D eigenvalue weighted by Crippen LogP contribution is 2.43. The summed E-state index contributed by atoms with van der Waals surface area (Å²) in [5.74, 6) is 0.878. The second kappa shape index (κ2) is 3.70. The lowest BCUT2D eigenvalue weighted by Gasteiger charge is -2.27. The first-order valence-electron chi connectivity index (χ1n) is 5.83. The maximum Gasteiger partial charge on any atom is 0.232 e. The van der Waals surface area contributed by atoms with Gasteiger partial charge < -0.3 is 10.6 Å². The zero-order valence-electron chi connectivity index (χ0n) is 9.59. The van der Waals surface area contributed by atoms with Crippen molar-refractivity contribution in [3.05, 3.63) is 16.7 Å². The Morgan fingerprint density at radius 2 is 2.41 bits per heavy atom. The minimum absolute atomic E-state index is 0.103.